The van der Waals surface area contributed by atoms with E-state index in [2.05, 4.69) is 4.74 Å². The van der Waals surface area contributed by atoms with Crippen molar-refractivity contribution in [1.82, 2.24) is 0 Å². The molecule has 2 rings (SSSR count). The molecule has 0 spiro atoms. The first-order valence-electron chi connectivity index (χ1n) is 3.88. The Morgan fingerprint density at radius 2 is 1.60 bits per heavy atom. The summed E-state index contributed by atoms with van der Waals surface area (Å²) in [4.78, 5) is 33.2. The van der Waals surface area contributed by atoms with E-state index in [-0.39, 0.29) is 5.56 Å². The third-order valence-corrected chi connectivity index (χ3v) is 1.97. The van der Waals surface area contributed by atoms with Gasteiger partial charge in [0.2, 0.25) is 11.2 Å². The van der Waals surface area contributed by atoms with Gasteiger partial charge in [0.05, 0.1) is 5.56 Å². The van der Waals surface area contributed by atoms with Crippen molar-refractivity contribution in [1.29, 1.82) is 0 Å². The van der Waals surface area contributed by atoms with Crippen LogP contribution in [0.3, 0.4) is 0 Å². The first-order valence-corrected chi connectivity index (χ1v) is 3.88. The third-order valence-electron chi connectivity index (χ3n) is 1.97. The monoisotopic (exact) mass is 208 g/mol. The van der Waals surface area contributed by atoms with E-state index in [1.807, 2.05) is 0 Å². The zero-order valence-electron chi connectivity index (χ0n) is 7.18. The zero-order chi connectivity index (χ0) is 11.2. The fourth-order valence-corrected chi connectivity index (χ4v) is 1.25. The van der Waals surface area contributed by atoms with Crippen molar-refractivity contribution in [2.24, 2.45) is 0 Å². The summed E-state index contributed by atoms with van der Waals surface area (Å²) < 4.78 is 4.20. The molecule has 0 unspecified atom stereocenters. The van der Waals surface area contributed by atoms with E-state index in [0.29, 0.717) is 0 Å². The number of esters is 2. The molecule has 0 amide bonds. The Labute approximate surface area is 82.4 Å². The molecular weight excluding hydrogens is 204 g/mol. The molecule has 0 radical (unpaired) electrons. The average Bonchev–Trinajstić information content (AvgIpc) is 2.41. The molecule has 1 aliphatic heterocycles. The van der Waals surface area contributed by atoms with Crippen molar-refractivity contribution in [3.8, 4) is 11.5 Å². The molecule has 6 heteroatoms. The summed E-state index contributed by atoms with van der Waals surface area (Å²) in [7, 11) is 0. The Morgan fingerprint density at radius 1 is 0.933 bits per heavy atom. The van der Waals surface area contributed by atoms with E-state index in [9.17, 15) is 19.5 Å². The predicted octanol–water partition coefficient (Wildman–Crippen LogP) is -0.231. The minimum atomic E-state index is -1.08. The quantitative estimate of drug-likeness (QED) is 0.451. The molecule has 1 heterocycles. The van der Waals surface area contributed by atoms with Crippen molar-refractivity contribution in [2.45, 2.75) is 0 Å². The molecule has 0 atom stereocenters. The van der Waals surface area contributed by atoms with Crippen molar-refractivity contribution in [2.75, 3.05) is 0 Å². The van der Waals surface area contributed by atoms with Crippen LogP contribution in [0.5, 0.6) is 11.5 Å². The highest BCUT2D eigenvalue weighted by Crippen LogP contribution is 2.31. The highest BCUT2D eigenvalue weighted by molar-refractivity contribution is 6.16. The number of hydrogen-bond donors (Lipinski definition) is 2. The Balaban J connectivity index is 2.95. The van der Waals surface area contributed by atoms with Crippen LogP contribution in [0.2, 0.25) is 0 Å². The molecule has 1 aromatic carbocycles. The normalized spacial score (nSPS) is 13.6. The maximum Gasteiger partial charge on any atom is 0.350 e. The van der Waals surface area contributed by atoms with Gasteiger partial charge in [-0.1, -0.05) is 0 Å². The Morgan fingerprint density at radius 3 is 2.27 bits per heavy atom. The van der Waals surface area contributed by atoms with Crippen molar-refractivity contribution < 1.29 is 24.5 Å². The second-order valence-corrected chi connectivity index (χ2v) is 2.86. The molecule has 15 heavy (non-hydrogen) atoms. The van der Waals surface area contributed by atoms with Gasteiger partial charge in [0.15, 0.2) is 5.75 Å². The first-order chi connectivity index (χ1) is 7.02. The number of aromatic hydroxyl groups is 2. The summed E-state index contributed by atoms with van der Waals surface area (Å²) in [5.74, 6) is -3.96. The summed E-state index contributed by atoms with van der Waals surface area (Å²) in [6.07, 6.45) is 0. The van der Waals surface area contributed by atoms with Crippen LogP contribution in [-0.4, -0.2) is 22.2 Å². The van der Waals surface area contributed by atoms with E-state index in [1.54, 1.807) is 0 Å². The number of rotatable bonds is 0. The topological polar surface area (TPSA) is 101 Å². The van der Waals surface area contributed by atoms with Gasteiger partial charge in [-0.3, -0.25) is 4.79 Å². The first kappa shape index (κ1) is 9.20. The smallest absolute Gasteiger partial charge is 0.350 e. The minimum Gasteiger partial charge on any atom is -0.504 e. The SMILES string of the molecule is O=C1OC(=O)c2c1ccc(=O)c(O)c2O. The summed E-state index contributed by atoms with van der Waals surface area (Å²) in [5.41, 5.74) is -1.61. The molecule has 6 nitrogen and oxygen atoms in total. The van der Waals surface area contributed by atoms with Crippen molar-refractivity contribution in [3.63, 3.8) is 0 Å². The summed E-state index contributed by atoms with van der Waals surface area (Å²) in [6, 6.07) is 1.89. The van der Waals surface area contributed by atoms with Gasteiger partial charge in [-0.2, -0.15) is 0 Å². The van der Waals surface area contributed by atoms with Gasteiger partial charge in [0.1, 0.15) is 5.56 Å². The molecule has 0 fully saturated rings. The molecule has 0 saturated carbocycles. The second kappa shape index (κ2) is 2.81. The highest BCUT2D eigenvalue weighted by atomic mass is 16.6. The highest BCUT2D eigenvalue weighted by Gasteiger charge is 2.33. The van der Waals surface area contributed by atoms with Crippen molar-refractivity contribution >= 4 is 11.9 Å². The van der Waals surface area contributed by atoms with Crippen LogP contribution < -0.4 is 5.43 Å². The standard InChI is InChI=1S/C9H4O6/c10-4-2-1-3-5(7(12)6(4)11)9(14)15-8(3)13/h1-2H,(H2,10,11,12). The molecule has 2 N–H and O–H groups in total. The zero-order valence-corrected chi connectivity index (χ0v) is 7.18. The van der Waals surface area contributed by atoms with Crippen LogP contribution in [-0.2, 0) is 4.74 Å². The third kappa shape index (κ3) is 1.15. The van der Waals surface area contributed by atoms with E-state index in [1.165, 1.54) is 0 Å². The summed E-state index contributed by atoms with van der Waals surface area (Å²) in [6.45, 7) is 0. The van der Waals surface area contributed by atoms with Gasteiger partial charge in [-0.05, 0) is 12.1 Å². The fourth-order valence-electron chi connectivity index (χ4n) is 1.25. The van der Waals surface area contributed by atoms with Gasteiger partial charge in [-0.15, -0.1) is 0 Å². The van der Waals surface area contributed by atoms with E-state index in [0.717, 1.165) is 12.1 Å². The molecule has 1 aromatic rings. The van der Waals surface area contributed by atoms with Crippen LogP contribution in [0.25, 0.3) is 0 Å². The van der Waals surface area contributed by atoms with Crippen LogP contribution >= 0.6 is 0 Å². The molecule has 76 valence electrons. The lowest BCUT2D eigenvalue weighted by molar-refractivity contribution is 0.0442. The van der Waals surface area contributed by atoms with Gasteiger partial charge in [0, 0.05) is 0 Å². The van der Waals surface area contributed by atoms with Gasteiger partial charge >= 0.3 is 11.9 Å². The van der Waals surface area contributed by atoms with Gasteiger partial charge in [-0.25, -0.2) is 9.59 Å². The summed E-state index contributed by atoms with van der Waals surface area (Å²) >= 11 is 0. The number of fused-ring (bicyclic) bond motifs is 1. The Kier molecular flexibility index (Phi) is 1.72. The maximum absolute atomic E-state index is 11.1. The van der Waals surface area contributed by atoms with E-state index in [4.69, 9.17) is 5.11 Å². The molecule has 0 saturated heterocycles. The fraction of sp³-hybridized carbons (Fsp3) is 0. The van der Waals surface area contributed by atoms with Gasteiger partial charge < -0.3 is 14.9 Å². The van der Waals surface area contributed by atoms with Crippen molar-refractivity contribution in [3.05, 3.63) is 33.5 Å². The lowest BCUT2D eigenvalue weighted by atomic mass is 10.2. The molecule has 0 aromatic heterocycles. The minimum absolute atomic E-state index is 0.241. The number of carbonyl (C=O) groups is 2. The molecular formula is C9H4O6. The molecule has 0 aliphatic carbocycles. The van der Waals surface area contributed by atoms with Crippen LogP contribution in [0, 0.1) is 0 Å². The molecule has 0 bridgehead atoms. The lowest BCUT2D eigenvalue weighted by Crippen LogP contribution is -1.99. The molecule has 1 aliphatic rings. The average molecular weight is 208 g/mol. The number of ether oxygens (including phenoxy) is 1. The summed E-state index contributed by atoms with van der Waals surface area (Å²) in [5, 5.41) is 18.5. The maximum atomic E-state index is 11.1. The number of hydrogen-bond acceptors (Lipinski definition) is 6. The second-order valence-electron chi connectivity index (χ2n) is 2.86. The Hall–Kier alpha value is -2.37. The number of carbonyl (C=O) groups excluding carboxylic acids is 2. The largest absolute Gasteiger partial charge is 0.504 e. The Bertz CT molecular complexity index is 545. The number of cyclic esters (lactones) is 2. The van der Waals surface area contributed by atoms with Gasteiger partial charge in [0.25, 0.3) is 0 Å². The lowest BCUT2D eigenvalue weighted by Gasteiger charge is -1.92. The van der Waals surface area contributed by atoms with E-state index < -0.39 is 34.4 Å². The van der Waals surface area contributed by atoms with E-state index >= 15 is 0 Å². The predicted molar refractivity (Wildman–Crippen MR) is 45.8 cm³/mol. The van der Waals surface area contributed by atoms with Crippen LogP contribution in [0.15, 0.2) is 16.9 Å². The van der Waals surface area contributed by atoms with Crippen LogP contribution in [0.4, 0.5) is 0 Å². The van der Waals surface area contributed by atoms with Crippen LogP contribution in [0.1, 0.15) is 20.7 Å².